The highest BCUT2D eigenvalue weighted by molar-refractivity contribution is 5.93. The molecule has 164 valence electrons. The van der Waals surface area contributed by atoms with Gasteiger partial charge in [0.25, 0.3) is 5.91 Å². The smallest absolute Gasteiger partial charge is 0.305 e. The highest BCUT2D eigenvalue weighted by Gasteiger charge is 2.15. The number of nitrogens with zero attached hydrogens (tertiary/aromatic N) is 3. The lowest BCUT2D eigenvalue weighted by molar-refractivity contribution is -0.140. The number of nitrogens with one attached hydrogen (secondary N) is 1. The van der Waals surface area contributed by atoms with E-state index in [2.05, 4.69) is 26.6 Å². The van der Waals surface area contributed by atoms with Gasteiger partial charge in [0, 0.05) is 36.7 Å². The molecule has 1 aromatic heterocycles. The van der Waals surface area contributed by atoms with E-state index in [0.717, 1.165) is 37.1 Å². The van der Waals surface area contributed by atoms with Crippen molar-refractivity contribution in [3.05, 3.63) is 72.7 Å². The number of methoxy groups -OCH3 is 1. The number of aromatic nitrogens is 2. The maximum absolute atomic E-state index is 12.4. The number of anilines is 2. The fourth-order valence-electron chi connectivity index (χ4n) is 3.01. The summed E-state index contributed by atoms with van der Waals surface area (Å²) in [5, 5.41) is 2.88. The molecule has 0 aliphatic rings. The summed E-state index contributed by atoms with van der Waals surface area (Å²) in [7, 11) is 1.40. The van der Waals surface area contributed by atoms with Gasteiger partial charge in [0.1, 0.15) is 0 Å². The molecule has 1 N–H and O–H groups in total. The second-order valence-electron chi connectivity index (χ2n) is 6.98. The Balaban J connectivity index is 1.91. The lowest BCUT2D eigenvalue weighted by atomic mass is 10.1. The second-order valence-corrected chi connectivity index (χ2v) is 6.98. The zero-order chi connectivity index (χ0) is 22.5. The Morgan fingerprint density at radius 1 is 1.10 bits per heavy atom. The van der Waals surface area contributed by atoms with E-state index in [1.165, 1.54) is 19.5 Å². The van der Waals surface area contributed by atoms with E-state index >= 15 is 0 Å². The minimum Gasteiger partial charge on any atom is -0.469 e. The van der Waals surface area contributed by atoms with Gasteiger partial charge < -0.3 is 10.1 Å². The van der Waals surface area contributed by atoms with Crippen LogP contribution in [0.5, 0.6) is 0 Å². The first kappa shape index (κ1) is 23.8. The number of benzene rings is 1. The van der Waals surface area contributed by atoms with Crippen LogP contribution in [0.25, 0.3) is 0 Å². The normalized spacial score (nSPS) is 11.0. The van der Waals surface area contributed by atoms with E-state index in [1.54, 1.807) is 6.08 Å². The number of unbranched alkanes of at least 4 members (excludes halogenated alkanes) is 3. The fraction of sp³-hybridized carbons (Fsp3) is 0.333. The van der Waals surface area contributed by atoms with E-state index in [9.17, 15) is 9.59 Å². The molecule has 0 saturated carbocycles. The topological polar surface area (TPSA) is 84.4 Å². The maximum atomic E-state index is 12.4. The zero-order valence-corrected chi connectivity index (χ0v) is 18.2. The van der Waals surface area contributed by atoms with Crippen LogP contribution in [0.2, 0.25) is 0 Å². The van der Waals surface area contributed by atoms with Gasteiger partial charge in [0.05, 0.1) is 12.7 Å². The van der Waals surface area contributed by atoms with Crippen molar-refractivity contribution in [2.24, 2.45) is 0 Å². The third kappa shape index (κ3) is 7.70. The van der Waals surface area contributed by atoms with Gasteiger partial charge in [0.2, 0.25) is 5.95 Å². The summed E-state index contributed by atoms with van der Waals surface area (Å²) in [6.45, 7) is 6.27. The number of para-hydroxylation sites is 1. The minimum atomic E-state index is -0.203. The summed E-state index contributed by atoms with van der Waals surface area (Å²) in [5.74, 6) is 0.0902. The van der Waals surface area contributed by atoms with Crippen LogP contribution in [0.3, 0.4) is 0 Å². The van der Waals surface area contributed by atoms with Crippen LogP contribution in [0.1, 0.15) is 49.4 Å². The summed E-state index contributed by atoms with van der Waals surface area (Å²) < 4.78 is 4.61. The van der Waals surface area contributed by atoms with Crippen molar-refractivity contribution in [3.63, 3.8) is 0 Å². The average Bonchev–Trinajstić information content (AvgIpc) is 2.79. The molecule has 0 atom stereocenters. The van der Waals surface area contributed by atoms with Crippen LogP contribution in [-0.4, -0.2) is 35.5 Å². The van der Waals surface area contributed by atoms with Crippen LogP contribution < -0.4 is 10.2 Å². The van der Waals surface area contributed by atoms with Gasteiger partial charge in [-0.15, -0.1) is 0 Å². The van der Waals surface area contributed by atoms with Crippen LogP contribution >= 0.6 is 0 Å². The third-order valence-corrected chi connectivity index (χ3v) is 4.65. The first-order valence-electron chi connectivity index (χ1n) is 10.4. The molecule has 0 bridgehead atoms. The van der Waals surface area contributed by atoms with E-state index in [4.69, 9.17) is 0 Å². The summed E-state index contributed by atoms with van der Waals surface area (Å²) in [4.78, 5) is 34.1. The van der Waals surface area contributed by atoms with Gasteiger partial charge in [0.15, 0.2) is 0 Å². The Bertz CT molecular complexity index is 879. The fourth-order valence-corrected chi connectivity index (χ4v) is 3.01. The molecule has 7 heteroatoms. The van der Waals surface area contributed by atoms with Crippen molar-refractivity contribution < 1.29 is 14.3 Å². The summed E-state index contributed by atoms with van der Waals surface area (Å²) in [5.41, 5.74) is 2.24. The molecule has 1 heterocycles. The molecular formula is C24H30N4O3. The monoisotopic (exact) mass is 422 g/mol. The van der Waals surface area contributed by atoms with Gasteiger partial charge in [-0.25, -0.2) is 9.97 Å². The molecule has 0 aliphatic heterocycles. The Kier molecular flexibility index (Phi) is 9.94. The molecule has 0 aliphatic carbocycles. The molecule has 0 spiro atoms. The van der Waals surface area contributed by atoms with Crippen molar-refractivity contribution >= 4 is 23.5 Å². The Labute approximate surface area is 183 Å². The molecule has 0 radical (unpaired) electrons. The van der Waals surface area contributed by atoms with E-state index < -0.39 is 0 Å². The van der Waals surface area contributed by atoms with E-state index in [1.807, 2.05) is 48.2 Å². The second kappa shape index (κ2) is 13.0. The highest BCUT2D eigenvalue weighted by Crippen LogP contribution is 2.26. The zero-order valence-electron chi connectivity index (χ0n) is 18.2. The number of carbonyl (C=O) groups is 2. The van der Waals surface area contributed by atoms with Crippen molar-refractivity contribution in [2.75, 3.05) is 18.6 Å². The lowest BCUT2D eigenvalue weighted by Crippen LogP contribution is -2.25. The number of ether oxygens (including phenoxy) is 1. The molecule has 0 saturated heterocycles. The number of hydrogen-bond acceptors (Lipinski definition) is 6. The Hall–Kier alpha value is -3.48. The van der Waals surface area contributed by atoms with Gasteiger partial charge in [-0.1, -0.05) is 43.7 Å². The highest BCUT2D eigenvalue weighted by atomic mass is 16.5. The number of hydrogen-bond donors (Lipinski definition) is 1. The molecular weight excluding hydrogens is 392 g/mol. The molecule has 2 rings (SSSR count). The van der Waals surface area contributed by atoms with Gasteiger partial charge in [-0.3, -0.25) is 14.5 Å². The number of rotatable bonds is 12. The maximum Gasteiger partial charge on any atom is 0.305 e. The number of allylic oxidation sites excluding steroid dienone is 3. The minimum absolute atomic E-state index is 0.183. The summed E-state index contributed by atoms with van der Waals surface area (Å²) in [6.07, 6.45) is 10.6. The summed E-state index contributed by atoms with van der Waals surface area (Å²) >= 11 is 0. The van der Waals surface area contributed by atoms with Crippen LogP contribution in [0, 0.1) is 0 Å². The quantitative estimate of drug-likeness (QED) is 0.307. The largest absolute Gasteiger partial charge is 0.469 e. The lowest BCUT2D eigenvalue weighted by Gasteiger charge is -2.23. The van der Waals surface area contributed by atoms with Gasteiger partial charge >= 0.3 is 5.97 Å². The van der Waals surface area contributed by atoms with Crippen molar-refractivity contribution in [3.8, 4) is 0 Å². The molecule has 31 heavy (non-hydrogen) atoms. The predicted molar refractivity (Wildman–Crippen MR) is 122 cm³/mol. The van der Waals surface area contributed by atoms with E-state index in [-0.39, 0.29) is 11.9 Å². The van der Waals surface area contributed by atoms with Gasteiger partial charge in [-0.2, -0.15) is 0 Å². The molecule has 7 nitrogen and oxygen atoms in total. The van der Waals surface area contributed by atoms with Crippen molar-refractivity contribution in [2.45, 2.75) is 39.0 Å². The average molecular weight is 423 g/mol. The van der Waals surface area contributed by atoms with Crippen LogP contribution in [0.15, 0.2) is 67.2 Å². The number of amides is 1. The standard InChI is InChI=1S/C24H30N4O3/c1-4-12-19(2)28(21-13-8-7-9-14-21)24-26-17-20(18-27-24)23(30)25-16-11-6-5-10-15-22(29)31-3/h4,7-9,12-14,17-18H,1,5-6,10-11,15-16H2,2-3H3,(H,25,30)/b19-12+. The van der Waals surface area contributed by atoms with Crippen molar-refractivity contribution in [1.29, 1.82) is 0 Å². The first-order valence-corrected chi connectivity index (χ1v) is 10.4. The summed E-state index contributed by atoms with van der Waals surface area (Å²) in [6, 6.07) is 9.77. The Morgan fingerprint density at radius 2 is 1.77 bits per heavy atom. The van der Waals surface area contributed by atoms with Crippen molar-refractivity contribution in [1.82, 2.24) is 15.3 Å². The predicted octanol–water partition coefficient (Wildman–Crippen LogP) is 4.56. The molecule has 2 aromatic rings. The SMILES string of the molecule is C=C/C=C(\C)N(c1ccccc1)c1ncc(C(=O)NCCCCCCC(=O)OC)cn1. The van der Waals surface area contributed by atoms with E-state index in [0.29, 0.717) is 24.5 Å². The first-order chi connectivity index (χ1) is 15.1. The molecule has 0 fully saturated rings. The molecule has 1 amide bonds. The number of carbonyl (C=O) groups excluding carboxylic acids is 2. The van der Waals surface area contributed by atoms with Crippen LogP contribution in [0.4, 0.5) is 11.6 Å². The molecule has 0 unspecified atom stereocenters. The van der Waals surface area contributed by atoms with Crippen LogP contribution in [-0.2, 0) is 9.53 Å². The number of esters is 1. The third-order valence-electron chi connectivity index (χ3n) is 4.65. The van der Waals surface area contributed by atoms with Gasteiger partial charge in [-0.05, 0) is 38.0 Å². The molecule has 1 aromatic carbocycles. The Morgan fingerprint density at radius 3 is 2.42 bits per heavy atom.